The number of halogens is 1. The number of hydrogen-bond donors (Lipinski definition) is 4. The van der Waals surface area contributed by atoms with Crippen LogP contribution in [0.2, 0.25) is 0 Å². The maximum Gasteiger partial charge on any atom is 0.334 e. The molecule has 0 aliphatic rings. The molecule has 17 heavy (non-hydrogen) atoms. The number of phenolic OH excluding ortho intramolecular Hbond substituents is 1. The van der Waals surface area contributed by atoms with Crippen molar-refractivity contribution in [1.29, 1.82) is 0 Å². The molecule has 1 rings (SSSR count). The van der Waals surface area contributed by atoms with E-state index in [9.17, 15) is 19.1 Å². The van der Waals surface area contributed by atoms with Crippen molar-refractivity contribution in [3.8, 4) is 5.75 Å². The molecule has 0 radical (unpaired) electrons. The molecule has 92 valence electrons. The molecule has 1 atom stereocenters. The van der Waals surface area contributed by atoms with Crippen LogP contribution in [0.25, 0.3) is 0 Å². The standard InChI is InChI=1S/C10H10FNO5/c11-5-2-1-3-6(13)8(5)9(15)12-4-7(14)10(16)17/h1-3,7,13-14H,4H2,(H,12,15)(H,16,17). The lowest BCUT2D eigenvalue weighted by atomic mass is 10.1. The molecule has 0 heterocycles. The molecule has 7 heteroatoms. The Hall–Kier alpha value is -2.15. The van der Waals surface area contributed by atoms with E-state index in [-0.39, 0.29) is 0 Å². The molecule has 0 saturated carbocycles. The average Bonchev–Trinajstić information content (AvgIpc) is 2.25. The minimum Gasteiger partial charge on any atom is -0.507 e. The number of aliphatic carboxylic acids is 1. The van der Waals surface area contributed by atoms with Crippen molar-refractivity contribution in [2.24, 2.45) is 0 Å². The van der Waals surface area contributed by atoms with Crippen molar-refractivity contribution in [1.82, 2.24) is 5.32 Å². The van der Waals surface area contributed by atoms with Crippen molar-refractivity contribution < 1.29 is 29.3 Å². The monoisotopic (exact) mass is 243 g/mol. The first-order valence-corrected chi connectivity index (χ1v) is 4.60. The van der Waals surface area contributed by atoms with Gasteiger partial charge in [0.1, 0.15) is 17.1 Å². The number of nitrogens with one attached hydrogen (secondary N) is 1. The summed E-state index contributed by atoms with van der Waals surface area (Å²) in [7, 11) is 0. The van der Waals surface area contributed by atoms with Gasteiger partial charge in [-0.15, -0.1) is 0 Å². The van der Waals surface area contributed by atoms with E-state index in [0.29, 0.717) is 0 Å². The molecule has 0 saturated heterocycles. The Bertz CT molecular complexity index is 428. The second-order valence-corrected chi connectivity index (χ2v) is 3.20. The van der Waals surface area contributed by atoms with Gasteiger partial charge in [0.05, 0.1) is 6.54 Å². The fraction of sp³-hybridized carbons (Fsp3) is 0.200. The molecule has 1 aromatic carbocycles. The summed E-state index contributed by atoms with van der Waals surface area (Å²) in [5.41, 5.74) is -0.593. The smallest absolute Gasteiger partial charge is 0.334 e. The first-order chi connectivity index (χ1) is 7.93. The summed E-state index contributed by atoms with van der Waals surface area (Å²) in [5.74, 6) is -4.01. The van der Waals surface area contributed by atoms with Crippen LogP contribution in [0.5, 0.6) is 5.75 Å². The van der Waals surface area contributed by atoms with Gasteiger partial charge in [-0.3, -0.25) is 4.79 Å². The Morgan fingerprint density at radius 3 is 2.59 bits per heavy atom. The van der Waals surface area contributed by atoms with Crippen LogP contribution in [0.1, 0.15) is 10.4 Å². The van der Waals surface area contributed by atoms with Gasteiger partial charge in [-0.05, 0) is 12.1 Å². The van der Waals surface area contributed by atoms with Gasteiger partial charge in [-0.2, -0.15) is 0 Å². The lowest BCUT2D eigenvalue weighted by Gasteiger charge is -2.09. The van der Waals surface area contributed by atoms with E-state index in [0.717, 1.165) is 12.1 Å². The molecule has 0 spiro atoms. The Labute approximate surface area is 95.3 Å². The van der Waals surface area contributed by atoms with E-state index < -0.39 is 41.7 Å². The minimum absolute atomic E-state index is 0.563. The van der Waals surface area contributed by atoms with Gasteiger partial charge in [-0.25, -0.2) is 9.18 Å². The van der Waals surface area contributed by atoms with Crippen LogP contribution in [0, 0.1) is 5.82 Å². The lowest BCUT2D eigenvalue weighted by molar-refractivity contribution is -0.146. The third kappa shape index (κ3) is 3.15. The summed E-state index contributed by atoms with van der Waals surface area (Å²) >= 11 is 0. The van der Waals surface area contributed by atoms with Gasteiger partial charge in [0.2, 0.25) is 0 Å². The number of aliphatic hydroxyl groups is 1. The highest BCUT2D eigenvalue weighted by molar-refractivity contribution is 5.97. The zero-order valence-corrected chi connectivity index (χ0v) is 8.55. The average molecular weight is 243 g/mol. The summed E-state index contributed by atoms with van der Waals surface area (Å²) in [4.78, 5) is 21.7. The summed E-state index contributed by atoms with van der Waals surface area (Å²) in [6.07, 6.45) is -1.78. The Morgan fingerprint density at radius 2 is 2.06 bits per heavy atom. The van der Waals surface area contributed by atoms with E-state index in [1.54, 1.807) is 0 Å². The number of hydrogen-bond acceptors (Lipinski definition) is 4. The van der Waals surface area contributed by atoms with Gasteiger partial charge in [0, 0.05) is 0 Å². The van der Waals surface area contributed by atoms with Crippen molar-refractivity contribution in [2.45, 2.75) is 6.10 Å². The predicted octanol–water partition coefficient (Wildman–Crippen LogP) is -0.293. The zero-order valence-electron chi connectivity index (χ0n) is 8.55. The molecule has 0 fully saturated rings. The number of benzene rings is 1. The lowest BCUT2D eigenvalue weighted by Crippen LogP contribution is -2.36. The van der Waals surface area contributed by atoms with Crippen molar-refractivity contribution in [2.75, 3.05) is 6.54 Å². The topological polar surface area (TPSA) is 107 Å². The molecule has 1 amide bonds. The van der Waals surface area contributed by atoms with Crippen molar-refractivity contribution in [3.05, 3.63) is 29.6 Å². The molecule has 4 N–H and O–H groups in total. The van der Waals surface area contributed by atoms with Gasteiger partial charge < -0.3 is 20.6 Å². The molecule has 6 nitrogen and oxygen atoms in total. The molecule has 0 bridgehead atoms. The second-order valence-electron chi connectivity index (χ2n) is 3.20. The van der Waals surface area contributed by atoms with Crippen LogP contribution in [0.3, 0.4) is 0 Å². The molecule has 0 aliphatic carbocycles. The van der Waals surface area contributed by atoms with Crippen LogP contribution in [0.4, 0.5) is 4.39 Å². The number of carboxylic acid groups (broad SMARTS) is 1. The number of amides is 1. The van der Waals surface area contributed by atoms with E-state index >= 15 is 0 Å². The van der Waals surface area contributed by atoms with Crippen LogP contribution in [-0.4, -0.2) is 39.8 Å². The van der Waals surface area contributed by atoms with Gasteiger partial charge in [0.15, 0.2) is 6.10 Å². The fourth-order valence-electron chi connectivity index (χ4n) is 1.10. The third-order valence-electron chi connectivity index (χ3n) is 1.96. The van der Waals surface area contributed by atoms with Crippen LogP contribution in [0.15, 0.2) is 18.2 Å². The van der Waals surface area contributed by atoms with Crippen LogP contribution >= 0.6 is 0 Å². The van der Waals surface area contributed by atoms with Crippen molar-refractivity contribution in [3.63, 3.8) is 0 Å². The number of rotatable bonds is 4. The van der Waals surface area contributed by atoms with Crippen molar-refractivity contribution >= 4 is 11.9 Å². The highest BCUT2D eigenvalue weighted by Gasteiger charge is 2.19. The Kier molecular flexibility index (Phi) is 4.00. The number of carboxylic acids is 1. The first kappa shape index (κ1) is 12.9. The molecular formula is C10H10FNO5. The number of aromatic hydroxyl groups is 1. The number of carbonyl (C=O) groups is 2. The predicted molar refractivity (Wildman–Crippen MR) is 54.0 cm³/mol. The molecule has 1 unspecified atom stereocenters. The third-order valence-corrected chi connectivity index (χ3v) is 1.96. The number of phenols is 1. The van der Waals surface area contributed by atoms with E-state index in [4.69, 9.17) is 10.2 Å². The van der Waals surface area contributed by atoms with E-state index in [2.05, 4.69) is 0 Å². The summed E-state index contributed by atoms with van der Waals surface area (Å²) in [5, 5.41) is 28.5. The minimum atomic E-state index is -1.78. The van der Waals surface area contributed by atoms with Crippen LogP contribution < -0.4 is 5.32 Å². The summed E-state index contributed by atoms with van der Waals surface area (Å²) < 4.78 is 13.2. The molecule has 0 aromatic heterocycles. The Balaban J connectivity index is 2.74. The quantitative estimate of drug-likeness (QED) is 0.581. The fourth-order valence-corrected chi connectivity index (χ4v) is 1.10. The van der Waals surface area contributed by atoms with Gasteiger partial charge in [0.25, 0.3) is 5.91 Å². The van der Waals surface area contributed by atoms with Gasteiger partial charge >= 0.3 is 5.97 Å². The zero-order chi connectivity index (χ0) is 13.0. The first-order valence-electron chi connectivity index (χ1n) is 4.60. The normalized spacial score (nSPS) is 11.9. The maximum atomic E-state index is 13.2. The highest BCUT2D eigenvalue weighted by Crippen LogP contribution is 2.19. The number of carbonyl (C=O) groups excluding carboxylic acids is 1. The summed E-state index contributed by atoms with van der Waals surface area (Å²) in [6, 6.07) is 3.31. The second kappa shape index (κ2) is 5.26. The SMILES string of the molecule is O=C(NCC(O)C(=O)O)c1c(O)cccc1F. The number of aliphatic hydroxyl groups excluding tert-OH is 1. The maximum absolute atomic E-state index is 13.2. The van der Waals surface area contributed by atoms with Crippen LogP contribution in [-0.2, 0) is 4.79 Å². The summed E-state index contributed by atoms with van der Waals surface area (Å²) in [6.45, 7) is -0.581. The molecule has 1 aromatic rings. The molecule has 0 aliphatic heterocycles. The Morgan fingerprint density at radius 1 is 1.41 bits per heavy atom. The largest absolute Gasteiger partial charge is 0.507 e. The molecular weight excluding hydrogens is 233 g/mol. The highest BCUT2D eigenvalue weighted by atomic mass is 19.1. The van der Waals surface area contributed by atoms with E-state index in [1.165, 1.54) is 6.07 Å². The van der Waals surface area contributed by atoms with Gasteiger partial charge in [-0.1, -0.05) is 6.07 Å². The van der Waals surface area contributed by atoms with E-state index in [1.807, 2.05) is 5.32 Å².